The van der Waals surface area contributed by atoms with Crippen LogP contribution in [-0.4, -0.2) is 21.9 Å². The van der Waals surface area contributed by atoms with Gasteiger partial charge in [-0.05, 0) is 31.5 Å². The zero-order chi connectivity index (χ0) is 17.0. The fourth-order valence-electron chi connectivity index (χ4n) is 2.03. The van der Waals surface area contributed by atoms with Crippen molar-refractivity contribution in [3.63, 3.8) is 0 Å². The van der Waals surface area contributed by atoms with Crippen LogP contribution in [0, 0.1) is 0 Å². The molecular formula is C16H19N3O3S. The molecular weight excluding hydrogens is 314 g/mol. The highest BCUT2D eigenvalue weighted by Gasteiger charge is 2.16. The number of hydrogen-bond donors (Lipinski definition) is 3. The maximum Gasteiger partial charge on any atom is 0.263 e. The second-order valence-corrected chi connectivity index (χ2v) is 6.30. The molecule has 122 valence electrons. The summed E-state index contributed by atoms with van der Waals surface area (Å²) in [6, 6.07) is 7.08. The predicted octanol–water partition coefficient (Wildman–Crippen LogP) is 2.65. The highest BCUT2D eigenvalue weighted by molar-refractivity contribution is 7.13. The van der Waals surface area contributed by atoms with Gasteiger partial charge >= 0.3 is 0 Å². The second kappa shape index (κ2) is 7.34. The van der Waals surface area contributed by atoms with Crippen LogP contribution in [0.4, 0.5) is 5.69 Å². The van der Waals surface area contributed by atoms with E-state index >= 15 is 0 Å². The van der Waals surface area contributed by atoms with Gasteiger partial charge in [0.05, 0.1) is 12.2 Å². The molecule has 23 heavy (non-hydrogen) atoms. The summed E-state index contributed by atoms with van der Waals surface area (Å²) in [5, 5.41) is 15.6. The number of aromatic nitrogens is 1. The van der Waals surface area contributed by atoms with Crippen LogP contribution in [0.1, 0.15) is 53.2 Å². The van der Waals surface area contributed by atoms with E-state index in [-0.39, 0.29) is 17.9 Å². The van der Waals surface area contributed by atoms with E-state index < -0.39 is 6.10 Å². The van der Waals surface area contributed by atoms with Crippen molar-refractivity contribution in [1.82, 2.24) is 10.3 Å². The standard InChI is InChI=1S/C16H19N3O3S/c1-9(12-5-4-6-13(7-12)19-11(3)21)18-15(22)14-8-17-16(23-14)10(2)20/h4-10,20H,1-3H3,(H,18,22)(H,19,21). The van der Waals surface area contributed by atoms with Gasteiger partial charge in [-0.3, -0.25) is 9.59 Å². The number of nitrogens with zero attached hydrogens (tertiary/aromatic N) is 1. The number of anilines is 1. The number of carbonyl (C=O) groups is 2. The zero-order valence-corrected chi connectivity index (χ0v) is 14.0. The minimum absolute atomic E-state index is 0.144. The van der Waals surface area contributed by atoms with Gasteiger partial charge in [-0.1, -0.05) is 12.1 Å². The van der Waals surface area contributed by atoms with Gasteiger partial charge in [-0.25, -0.2) is 4.98 Å². The van der Waals surface area contributed by atoms with Crippen molar-refractivity contribution in [2.24, 2.45) is 0 Å². The monoisotopic (exact) mass is 333 g/mol. The molecule has 0 aliphatic carbocycles. The summed E-state index contributed by atoms with van der Waals surface area (Å²) in [7, 11) is 0. The summed E-state index contributed by atoms with van der Waals surface area (Å²) in [6.07, 6.45) is 0.774. The van der Waals surface area contributed by atoms with Gasteiger partial charge in [0.2, 0.25) is 5.91 Å². The first-order chi connectivity index (χ1) is 10.9. The Kier molecular flexibility index (Phi) is 5.46. The molecule has 0 fully saturated rings. The number of aliphatic hydroxyl groups is 1. The summed E-state index contributed by atoms with van der Waals surface area (Å²) >= 11 is 1.17. The number of carbonyl (C=O) groups excluding carboxylic acids is 2. The van der Waals surface area contributed by atoms with Crippen LogP contribution in [0.3, 0.4) is 0 Å². The molecule has 0 saturated heterocycles. The van der Waals surface area contributed by atoms with E-state index in [2.05, 4.69) is 15.6 Å². The number of benzene rings is 1. The Morgan fingerprint density at radius 1 is 1.30 bits per heavy atom. The molecule has 2 rings (SSSR count). The third kappa shape index (κ3) is 4.61. The van der Waals surface area contributed by atoms with Gasteiger partial charge in [-0.15, -0.1) is 11.3 Å². The van der Waals surface area contributed by atoms with Crippen LogP contribution >= 0.6 is 11.3 Å². The summed E-state index contributed by atoms with van der Waals surface area (Å²) in [6.45, 7) is 4.92. The first kappa shape index (κ1) is 17.1. The van der Waals surface area contributed by atoms with E-state index in [1.165, 1.54) is 24.5 Å². The van der Waals surface area contributed by atoms with Crippen molar-refractivity contribution in [1.29, 1.82) is 0 Å². The van der Waals surface area contributed by atoms with E-state index in [1.54, 1.807) is 13.0 Å². The number of rotatable bonds is 5. The fraction of sp³-hybridized carbons (Fsp3) is 0.312. The molecule has 0 bridgehead atoms. The molecule has 0 spiro atoms. The quantitative estimate of drug-likeness (QED) is 0.784. The molecule has 0 aliphatic heterocycles. The topological polar surface area (TPSA) is 91.3 Å². The highest BCUT2D eigenvalue weighted by atomic mass is 32.1. The lowest BCUT2D eigenvalue weighted by molar-refractivity contribution is -0.114. The molecule has 2 unspecified atom stereocenters. The molecule has 2 atom stereocenters. The maximum atomic E-state index is 12.2. The normalized spacial score (nSPS) is 13.2. The lowest BCUT2D eigenvalue weighted by atomic mass is 10.1. The average Bonchev–Trinajstić information content (AvgIpc) is 2.97. The van der Waals surface area contributed by atoms with Crippen LogP contribution in [0.2, 0.25) is 0 Å². The average molecular weight is 333 g/mol. The molecule has 1 heterocycles. The largest absolute Gasteiger partial charge is 0.386 e. The summed E-state index contributed by atoms with van der Waals surface area (Å²) in [5.74, 6) is -0.388. The molecule has 7 heteroatoms. The number of nitrogens with one attached hydrogen (secondary N) is 2. The molecule has 0 aliphatic rings. The SMILES string of the molecule is CC(=O)Nc1cccc(C(C)NC(=O)c2cnc(C(C)O)s2)c1. The van der Waals surface area contributed by atoms with Crippen LogP contribution in [-0.2, 0) is 4.79 Å². The third-order valence-electron chi connectivity index (χ3n) is 3.16. The van der Waals surface area contributed by atoms with Gasteiger partial charge < -0.3 is 15.7 Å². The van der Waals surface area contributed by atoms with E-state index in [0.717, 1.165) is 5.56 Å². The van der Waals surface area contributed by atoms with E-state index in [1.807, 2.05) is 25.1 Å². The van der Waals surface area contributed by atoms with E-state index in [4.69, 9.17) is 0 Å². The van der Waals surface area contributed by atoms with Gasteiger partial charge in [0.25, 0.3) is 5.91 Å². The predicted molar refractivity (Wildman–Crippen MR) is 89.4 cm³/mol. The number of thiazole rings is 1. The van der Waals surface area contributed by atoms with Crippen molar-refractivity contribution in [2.45, 2.75) is 32.9 Å². The number of aliphatic hydroxyl groups excluding tert-OH is 1. The lowest BCUT2D eigenvalue weighted by Crippen LogP contribution is -2.26. The highest BCUT2D eigenvalue weighted by Crippen LogP contribution is 2.21. The van der Waals surface area contributed by atoms with E-state index in [0.29, 0.717) is 15.6 Å². The van der Waals surface area contributed by atoms with Crippen molar-refractivity contribution in [3.8, 4) is 0 Å². The summed E-state index contributed by atoms with van der Waals surface area (Å²) < 4.78 is 0. The molecule has 0 radical (unpaired) electrons. The van der Waals surface area contributed by atoms with Crippen LogP contribution in [0.25, 0.3) is 0 Å². The minimum atomic E-state index is -0.687. The second-order valence-electron chi connectivity index (χ2n) is 5.24. The lowest BCUT2D eigenvalue weighted by Gasteiger charge is -2.15. The molecule has 3 N–H and O–H groups in total. The maximum absolute atomic E-state index is 12.2. The first-order valence-electron chi connectivity index (χ1n) is 7.19. The van der Waals surface area contributed by atoms with Crippen molar-refractivity contribution in [2.75, 3.05) is 5.32 Å². The van der Waals surface area contributed by atoms with Gasteiger partial charge in [0.15, 0.2) is 0 Å². The van der Waals surface area contributed by atoms with Crippen molar-refractivity contribution >= 4 is 28.8 Å². The van der Waals surface area contributed by atoms with Crippen LogP contribution in [0.15, 0.2) is 30.5 Å². The fourth-order valence-corrected chi connectivity index (χ4v) is 2.78. The number of hydrogen-bond acceptors (Lipinski definition) is 5. The van der Waals surface area contributed by atoms with Crippen molar-refractivity contribution in [3.05, 3.63) is 45.9 Å². The van der Waals surface area contributed by atoms with Crippen molar-refractivity contribution < 1.29 is 14.7 Å². The first-order valence-corrected chi connectivity index (χ1v) is 8.00. The molecule has 2 aromatic rings. The van der Waals surface area contributed by atoms with Crippen LogP contribution in [0.5, 0.6) is 0 Å². The Hall–Kier alpha value is -2.25. The molecule has 1 aromatic heterocycles. The van der Waals surface area contributed by atoms with E-state index in [9.17, 15) is 14.7 Å². The van der Waals surface area contributed by atoms with Gasteiger partial charge in [-0.2, -0.15) is 0 Å². The minimum Gasteiger partial charge on any atom is -0.386 e. The third-order valence-corrected chi connectivity index (χ3v) is 4.33. The molecule has 0 saturated carbocycles. The van der Waals surface area contributed by atoms with Crippen LogP contribution < -0.4 is 10.6 Å². The molecule has 2 amide bonds. The Labute approximate surface area is 138 Å². The van der Waals surface area contributed by atoms with Gasteiger partial charge in [0, 0.05) is 12.6 Å². The zero-order valence-electron chi connectivity index (χ0n) is 13.2. The Bertz CT molecular complexity index is 712. The van der Waals surface area contributed by atoms with Gasteiger partial charge in [0.1, 0.15) is 16.0 Å². The molecule has 6 nitrogen and oxygen atoms in total. The Balaban J connectivity index is 2.07. The summed E-state index contributed by atoms with van der Waals surface area (Å²) in [4.78, 5) is 27.8. The summed E-state index contributed by atoms with van der Waals surface area (Å²) in [5.41, 5.74) is 1.56. The Morgan fingerprint density at radius 2 is 2.04 bits per heavy atom. The molecule has 1 aromatic carbocycles. The smallest absolute Gasteiger partial charge is 0.263 e. The Morgan fingerprint density at radius 3 is 2.65 bits per heavy atom. The number of amides is 2.